The summed E-state index contributed by atoms with van der Waals surface area (Å²) in [6.45, 7) is 6.18. The van der Waals surface area contributed by atoms with E-state index in [0.29, 0.717) is 17.9 Å². The molecule has 154 valence electrons. The highest BCUT2D eigenvalue weighted by molar-refractivity contribution is 5.95. The molecule has 0 spiro atoms. The topological polar surface area (TPSA) is 62.7 Å². The molecule has 1 aromatic carbocycles. The van der Waals surface area contributed by atoms with Gasteiger partial charge in [0.15, 0.2) is 0 Å². The predicted molar refractivity (Wildman–Crippen MR) is 113 cm³/mol. The van der Waals surface area contributed by atoms with Gasteiger partial charge >= 0.3 is 6.09 Å². The molecule has 0 aliphatic carbocycles. The molecule has 0 N–H and O–H groups in total. The normalized spacial score (nSPS) is 17.0. The van der Waals surface area contributed by atoms with Crippen LogP contribution < -0.4 is 4.90 Å². The molecule has 1 aliphatic rings. The van der Waals surface area contributed by atoms with E-state index in [1.54, 1.807) is 13.2 Å². The molecular weight excluding hydrogens is 366 g/mol. The van der Waals surface area contributed by atoms with Crippen molar-refractivity contribution in [2.24, 2.45) is 0 Å². The van der Waals surface area contributed by atoms with Gasteiger partial charge < -0.3 is 9.64 Å². The number of anilines is 1. The van der Waals surface area contributed by atoms with Gasteiger partial charge in [0.2, 0.25) is 0 Å². The summed E-state index contributed by atoms with van der Waals surface area (Å²) in [4.78, 5) is 33.6. The van der Waals surface area contributed by atoms with Crippen LogP contribution >= 0.6 is 0 Å². The zero-order valence-corrected chi connectivity index (χ0v) is 17.6. The summed E-state index contributed by atoms with van der Waals surface area (Å²) in [6.07, 6.45) is 4.01. The lowest BCUT2D eigenvalue weighted by molar-refractivity contribution is 0.0586. The van der Waals surface area contributed by atoms with Crippen molar-refractivity contribution in [3.05, 3.63) is 59.8 Å². The number of piperidine rings is 1. The van der Waals surface area contributed by atoms with Crippen LogP contribution in [0.4, 0.5) is 10.6 Å². The molecule has 1 atom stereocenters. The van der Waals surface area contributed by atoms with Crippen LogP contribution in [0.25, 0.3) is 0 Å². The first-order valence-electron chi connectivity index (χ1n) is 10.1. The minimum atomic E-state index is -0.597. The first kappa shape index (κ1) is 20.8. The summed E-state index contributed by atoms with van der Waals surface area (Å²) >= 11 is 0. The maximum absolute atomic E-state index is 13.2. The number of hydrogen-bond donors (Lipinski definition) is 0. The number of likely N-dealkylation sites (tertiary alicyclic amines) is 1. The van der Waals surface area contributed by atoms with E-state index in [0.717, 1.165) is 24.8 Å². The first-order chi connectivity index (χ1) is 13.8. The summed E-state index contributed by atoms with van der Waals surface area (Å²) in [5.41, 5.74) is 0.940. The first-order valence-corrected chi connectivity index (χ1v) is 10.1. The summed E-state index contributed by atoms with van der Waals surface area (Å²) in [5, 5.41) is 0. The van der Waals surface area contributed by atoms with Gasteiger partial charge in [0.1, 0.15) is 11.4 Å². The molecule has 2 aromatic rings. The van der Waals surface area contributed by atoms with Crippen molar-refractivity contribution in [1.29, 1.82) is 0 Å². The second-order valence-electron chi connectivity index (χ2n) is 8.33. The number of benzene rings is 1. The van der Waals surface area contributed by atoms with E-state index < -0.39 is 11.7 Å². The highest BCUT2D eigenvalue weighted by Gasteiger charge is 2.32. The molecule has 0 bridgehead atoms. The third kappa shape index (κ3) is 4.94. The van der Waals surface area contributed by atoms with Crippen molar-refractivity contribution >= 4 is 17.8 Å². The van der Waals surface area contributed by atoms with Gasteiger partial charge in [0, 0.05) is 30.9 Å². The van der Waals surface area contributed by atoms with Gasteiger partial charge in [-0.15, -0.1) is 0 Å². The van der Waals surface area contributed by atoms with Crippen LogP contribution in [0.2, 0.25) is 0 Å². The predicted octanol–water partition coefficient (Wildman–Crippen LogP) is 4.82. The molecule has 2 amide bonds. The summed E-state index contributed by atoms with van der Waals surface area (Å²) in [6, 6.07) is 13.0. The van der Waals surface area contributed by atoms with Crippen molar-refractivity contribution in [3.63, 3.8) is 0 Å². The minimum absolute atomic E-state index is 0.00465. The summed E-state index contributed by atoms with van der Waals surface area (Å²) < 4.78 is 5.51. The molecule has 6 nitrogen and oxygen atoms in total. The third-order valence-electron chi connectivity index (χ3n) is 4.95. The maximum Gasteiger partial charge on any atom is 0.415 e. The number of pyridine rings is 1. The molecule has 1 unspecified atom stereocenters. The Labute approximate surface area is 172 Å². The molecule has 1 saturated heterocycles. The fraction of sp³-hybridized carbons (Fsp3) is 0.435. The quantitative estimate of drug-likeness (QED) is 0.747. The number of ether oxygens (including phenoxy) is 1. The molecule has 1 fully saturated rings. The second-order valence-corrected chi connectivity index (χ2v) is 8.33. The van der Waals surface area contributed by atoms with Crippen LogP contribution in [-0.4, -0.2) is 41.1 Å². The number of carbonyl (C=O) groups is 2. The number of carbonyl (C=O) groups excluding carboxylic acids is 2. The Balaban J connectivity index is 1.92. The van der Waals surface area contributed by atoms with E-state index in [9.17, 15) is 9.59 Å². The largest absolute Gasteiger partial charge is 0.443 e. The standard InChI is InChI=1S/C23H29N3O3/c1-23(2,3)29-22(28)25(4)20-18(13-10-15-24-20)19-14-8-9-16-26(19)21(27)17-11-6-5-7-12-17/h5-7,10-13,15,19H,8-9,14,16H2,1-4H3. The summed E-state index contributed by atoms with van der Waals surface area (Å²) in [7, 11) is 1.66. The SMILES string of the molecule is CN(C(=O)OC(C)(C)C)c1ncccc1C1CCCCN1C(=O)c1ccccc1. The molecule has 6 heteroatoms. The van der Waals surface area contributed by atoms with Crippen LogP contribution in [0, 0.1) is 0 Å². The molecule has 0 radical (unpaired) electrons. The smallest absolute Gasteiger partial charge is 0.415 e. The van der Waals surface area contributed by atoms with E-state index >= 15 is 0 Å². The van der Waals surface area contributed by atoms with Gasteiger partial charge in [-0.25, -0.2) is 9.78 Å². The molecule has 2 heterocycles. The molecule has 0 saturated carbocycles. The second kappa shape index (κ2) is 8.64. The Bertz CT molecular complexity index is 861. The molecule has 1 aromatic heterocycles. The Hall–Kier alpha value is -2.89. The van der Waals surface area contributed by atoms with Crippen molar-refractivity contribution < 1.29 is 14.3 Å². The van der Waals surface area contributed by atoms with E-state index in [2.05, 4.69) is 4.98 Å². The van der Waals surface area contributed by atoms with Crippen molar-refractivity contribution in [3.8, 4) is 0 Å². The van der Waals surface area contributed by atoms with Crippen LogP contribution in [0.1, 0.15) is 62.0 Å². The molecular formula is C23H29N3O3. The maximum atomic E-state index is 13.2. The fourth-order valence-electron chi connectivity index (χ4n) is 3.61. The Morgan fingerprint density at radius 2 is 1.83 bits per heavy atom. The third-order valence-corrected chi connectivity index (χ3v) is 4.95. The van der Waals surface area contributed by atoms with Crippen LogP contribution in [0.15, 0.2) is 48.7 Å². The fourth-order valence-corrected chi connectivity index (χ4v) is 3.61. The number of amides is 2. The van der Waals surface area contributed by atoms with Crippen LogP contribution in [0.5, 0.6) is 0 Å². The van der Waals surface area contributed by atoms with Gasteiger partial charge in [-0.2, -0.15) is 0 Å². The van der Waals surface area contributed by atoms with E-state index in [1.165, 1.54) is 4.90 Å². The minimum Gasteiger partial charge on any atom is -0.443 e. The van der Waals surface area contributed by atoms with E-state index in [1.807, 2.05) is 68.1 Å². The molecule has 29 heavy (non-hydrogen) atoms. The average Bonchev–Trinajstić information content (AvgIpc) is 2.72. The number of hydrogen-bond acceptors (Lipinski definition) is 4. The highest BCUT2D eigenvalue weighted by atomic mass is 16.6. The van der Waals surface area contributed by atoms with E-state index in [4.69, 9.17) is 4.74 Å². The monoisotopic (exact) mass is 395 g/mol. The van der Waals surface area contributed by atoms with Gasteiger partial charge in [-0.1, -0.05) is 24.3 Å². The summed E-state index contributed by atoms with van der Waals surface area (Å²) in [5.74, 6) is 0.532. The Morgan fingerprint density at radius 3 is 2.52 bits per heavy atom. The van der Waals surface area contributed by atoms with Crippen molar-refractivity contribution in [1.82, 2.24) is 9.88 Å². The van der Waals surface area contributed by atoms with Gasteiger partial charge in [0.25, 0.3) is 5.91 Å². The molecule has 3 rings (SSSR count). The number of rotatable bonds is 3. The van der Waals surface area contributed by atoms with Gasteiger partial charge in [0.05, 0.1) is 6.04 Å². The lowest BCUT2D eigenvalue weighted by Gasteiger charge is -2.37. The van der Waals surface area contributed by atoms with Crippen LogP contribution in [0.3, 0.4) is 0 Å². The highest BCUT2D eigenvalue weighted by Crippen LogP contribution is 2.36. The number of aromatic nitrogens is 1. The lowest BCUT2D eigenvalue weighted by atomic mass is 9.94. The van der Waals surface area contributed by atoms with Gasteiger partial charge in [-0.3, -0.25) is 9.69 Å². The van der Waals surface area contributed by atoms with Crippen LogP contribution in [-0.2, 0) is 4.74 Å². The van der Waals surface area contributed by atoms with E-state index in [-0.39, 0.29) is 11.9 Å². The van der Waals surface area contributed by atoms with Gasteiger partial charge in [-0.05, 0) is 58.2 Å². The van der Waals surface area contributed by atoms with Crippen molar-refractivity contribution in [2.45, 2.75) is 51.7 Å². The van der Waals surface area contributed by atoms with Crippen molar-refractivity contribution in [2.75, 3.05) is 18.5 Å². The number of nitrogens with zero attached hydrogens (tertiary/aromatic N) is 3. The zero-order valence-electron chi connectivity index (χ0n) is 17.6. The average molecular weight is 396 g/mol. The molecule has 1 aliphatic heterocycles. The Morgan fingerprint density at radius 1 is 1.10 bits per heavy atom. The lowest BCUT2D eigenvalue weighted by Crippen LogP contribution is -2.40. The zero-order chi connectivity index (χ0) is 21.0. The Kier molecular flexibility index (Phi) is 6.20.